The van der Waals surface area contributed by atoms with E-state index in [0.717, 1.165) is 0 Å². The molecule has 0 radical (unpaired) electrons. The van der Waals surface area contributed by atoms with E-state index in [4.69, 9.17) is 16.7 Å². The Bertz CT molecular complexity index is 595. The van der Waals surface area contributed by atoms with E-state index in [1.807, 2.05) is 0 Å². The summed E-state index contributed by atoms with van der Waals surface area (Å²) >= 11 is 5.63. The van der Waals surface area contributed by atoms with Crippen LogP contribution in [0.4, 0.5) is 4.39 Å². The van der Waals surface area contributed by atoms with Crippen LogP contribution in [-0.4, -0.2) is 20.9 Å². The van der Waals surface area contributed by atoms with Gasteiger partial charge in [0, 0.05) is 11.8 Å². The number of hydrogen-bond acceptors (Lipinski definition) is 2. The molecule has 0 atom stereocenters. The number of carboxylic acids is 1. The van der Waals surface area contributed by atoms with Gasteiger partial charge in [-0.15, -0.1) is 0 Å². The molecule has 6 heteroatoms. The topological polar surface area (TPSA) is 55.1 Å². The Balaban J connectivity index is 2.53. The van der Waals surface area contributed by atoms with Crippen molar-refractivity contribution < 1.29 is 14.3 Å². The standard InChI is InChI=1S/C11H8ClFN2O2/c1-6-9(3-2-8(12)10(6)13)15-5-7(4-14-15)11(16)17/h2-5H,1H3,(H,16,17). The molecule has 88 valence electrons. The van der Waals surface area contributed by atoms with E-state index in [1.54, 1.807) is 13.0 Å². The molecule has 0 saturated heterocycles. The fourth-order valence-corrected chi connectivity index (χ4v) is 1.66. The summed E-state index contributed by atoms with van der Waals surface area (Å²) < 4.78 is 14.9. The minimum Gasteiger partial charge on any atom is -0.478 e. The second-order valence-electron chi connectivity index (χ2n) is 3.48. The van der Waals surface area contributed by atoms with E-state index in [9.17, 15) is 9.18 Å². The molecule has 0 fully saturated rings. The molecule has 2 aromatic rings. The van der Waals surface area contributed by atoms with Gasteiger partial charge < -0.3 is 5.11 Å². The molecule has 0 aliphatic carbocycles. The minimum absolute atomic E-state index is 0.0249. The average Bonchev–Trinajstić information content (AvgIpc) is 2.75. The fourth-order valence-electron chi connectivity index (χ4n) is 1.46. The quantitative estimate of drug-likeness (QED) is 0.896. The van der Waals surface area contributed by atoms with E-state index in [1.165, 1.54) is 23.1 Å². The molecule has 4 nitrogen and oxygen atoms in total. The highest BCUT2D eigenvalue weighted by molar-refractivity contribution is 6.30. The molecule has 0 spiro atoms. The number of benzene rings is 1. The van der Waals surface area contributed by atoms with Crippen molar-refractivity contribution in [1.29, 1.82) is 0 Å². The summed E-state index contributed by atoms with van der Waals surface area (Å²) in [7, 11) is 0. The number of aromatic nitrogens is 2. The van der Waals surface area contributed by atoms with Crippen LogP contribution in [0.3, 0.4) is 0 Å². The zero-order valence-corrected chi connectivity index (χ0v) is 9.57. The smallest absolute Gasteiger partial charge is 0.338 e. The van der Waals surface area contributed by atoms with Crippen molar-refractivity contribution >= 4 is 17.6 Å². The van der Waals surface area contributed by atoms with Gasteiger partial charge in [0.25, 0.3) is 0 Å². The normalized spacial score (nSPS) is 10.5. The number of nitrogens with zero attached hydrogens (tertiary/aromatic N) is 2. The van der Waals surface area contributed by atoms with Gasteiger partial charge in [0.05, 0.1) is 22.5 Å². The molecular formula is C11H8ClFN2O2. The van der Waals surface area contributed by atoms with Crippen LogP contribution < -0.4 is 0 Å². The SMILES string of the molecule is Cc1c(-n2cc(C(=O)O)cn2)ccc(Cl)c1F. The van der Waals surface area contributed by atoms with Gasteiger partial charge in [-0.1, -0.05) is 11.6 Å². The van der Waals surface area contributed by atoms with Gasteiger partial charge in [0.1, 0.15) is 5.82 Å². The average molecular weight is 255 g/mol. The summed E-state index contributed by atoms with van der Waals surface area (Å²) in [6.45, 7) is 1.55. The summed E-state index contributed by atoms with van der Waals surface area (Å²) in [6, 6.07) is 2.99. The van der Waals surface area contributed by atoms with Crippen LogP contribution in [0.2, 0.25) is 5.02 Å². The summed E-state index contributed by atoms with van der Waals surface area (Å²) in [6.07, 6.45) is 2.52. The minimum atomic E-state index is -1.08. The molecule has 0 saturated carbocycles. The highest BCUT2D eigenvalue weighted by Gasteiger charge is 2.12. The first-order valence-corrected chi connectivity index (χ1v) is 5.11. The van der Waals surface area contributed by atoms with Gasteiger partial charge in [-0.25, -0.2) is 13.9 Å². The molecule has 1 heterocycles. The first kappa shape index (κ1) is 11.6. The Labute approximate surface area is 101 Å². The molecular weight excluding hydrogens is 247 g/mol. The number of carboxylic acid groups (broad SMARTS) is 1. The van der Waals surface area contributed by atoms with Gasteiger partial charge in [-0.3, -0.25) is 0 Å². The van der Waals surface area contributed by atoms with Crippen molar-refractivity contribution in [3.63, 3.8) is 0 Å². The molecule has 1 aromatic heterocycles. The number of rotatable bonds is 2. The molecule has 0 aliphatic rings. The van der Waals surface area contributed by atoms with Crippen LogP contribution >= 0.6 is 11.6 Å². The summed E-state index contributed by atoms with van der Waals surface area (Å²) in [4.78, 5) is 10.7. The Morgan fingerprint density at radius 3 is 2.82 bits per heavy atom. The monoisotopic (exact) mass is 254 g/mol. The molecule has 0 aliphatic heterocycles. The van der Waals surface area contributed by atoms with Crippen molar-refractivity contribution in [2.75, 3.05) is 0 Å². The van der Waals surface area contributed by atoms with E-state index in [-0.39, 0.29) is 10.6 Å². The largest absolute Gasteiger partial charge is 0.478 e. The molecule has 0 amide bonds. The predicted octanol–water partition coefficient (Wildman–Crippen LogP) is 2.67. The lowest BCUT2D eigenvalue weighted by molar-refractivity contribution is 0.0697. The van der Waals surface area contributed by atoms with Gasteiger partial charge >= 0.3 is 5.97 Å². The third kappa shape index (κ3) is 2.01. The maximum absolute atomic E-state index is 13.6. The zero-order chi connectivity index (χ0) is 12.6. The lowest BCUT2D eigenvalue weighted by atomic mass is 10.2. The van der Waals surface area contributed by atoms with Gasteiger partial charge in [0.2, 0.25) is 0 Å². The van der Waals surface area contributed by atoms with E-state index in [0.29, 0.717) is 11.3 Å². The van der Waals surface area contributed by atoms with Crippen LogP contribution in [0.5, 0.6) is 0 Å². The first-order valence-electron chi connectivity index (χ1n) is 4.73. The second kappa shape index (κ2) is 4.18. The van der Waals surface area contributed by atoms with Crippen molar-refractivity contribution in [3.8, 4) is 5.69 Å². The molecule has 0 bridgehead atoms. The number of hydrogen-bond donors (Lipinski definition) is 1. The second-order valence-corrected chi connectivity index (χ2v) is 3.89. The Morgan fingerprint density at radius 2 is 2.24 bits per heavy atom. The van der Waals surface area contributed by atoms with Crippen molar-refractivity contribution in [2.24, 2.45) is 0 Å². The number of halogens is 2. The van der Waals surface area contributed by atoms with Crippen LogP contribution in [0, 0.1) is 12.7 Å². The molecule has 1 N–H and O–H groups in total. The van der Waals surface area contributed by atoms with E-state index < -0.39 is 11.8 Å². The summed E-state index contributed by atoms with van der Waals surface area (Å²) in [5.41, 5.74) is 0.816. The van der Waals surface area contributed by atoms with Crippen molar-refractivity contribution in [2.45, 2.75) is 6.92 Å². The van der Waals surface area contributed by atoms with Gasteiger partial charge in [0.15, 0.2) is 0 Å². The van der Waals surface area contributed by atoms with Crippen LogP contribution in [-0.2, 0) is 0 Å². The molecule has 1 aromatic carbocycles. The highest BCUT2D eigenvalue weighted by Crippen LogP contribution is 2.23. The van der Waals surface area contributed by atoms with E-state index in [2.05, 4.69) is 5.10 Å². The zero-order valence-electron chi connectivity index (χ0n) is 8.82. The number of carbonyl (C=O) groups is 1. The third-order valence-electron chi connectivity index (χ3n) is 2.39. The van der Waals surface area contributed by atoms with Gasteiger partial charge in [-0.05, 0) is 19.1 Å². The summed E-state index contributed by atoms with van der Waals surface area (Å²) in [5.74, 6) is -1.61. The molecule has 17 heavy (non-hydrogen) atoms. The Kier molecular flexibility index (Phi) is 2.85. The highest BCUT2D eigenvalue weighted by atomic mass is 35.5. The van der Waals surface area contributed by atoms with Crippen molar-refractivity contribution in [1.82, 2.24) is 9.78 Å². The third-order valence-corrected chi connectivity index (χ3v) is 2.68. The lowest BCUT2D eigenvalue weighted by Gasteiger charge is -2.07. The molecule has 0 unspecified atom stereocenters. The van der Waals surface area contributed by atoms with Crippen LogP contribution in [0.25, 0.3) is 5.69 Å². The summed E-state index contributed by atoms with van der Waals surface area (Å²) in [5, 5.41) is 12.7. The Hall–Kier alpha value is -1.88. The van der Waals surface area contributed by atoms with Crippen LogP contribution in [0.1, 0.15) is 15.9 Å². The molecule has 2 rings (SSSR count). The Morgan fingerprint density at radius 1 is 1.53 bits per heavy atom. The maximum Gasteiger partial charge on any atom is 0.338 e. The fraction of sp³-hybridized carbons (Fsp3) is 0.0909. The van der Waals surface area contributed by atoms with Crippen molar-refractivity contribution in [3.05, 3.63) is 46.5 Å². The first-order chi connectivity index (χ1) is 8.00. The van der Waals surface area contributed by atoms with Crippen LogP contribution in [0.15, 0.2) is 24.5 Å². The number of aromatic carboxylic acids is 1. The van der Waals surface area contributed by atoms with E-state index >= 15 is 0 Å². The lowest BCUT2D eigenvalue weighted by Crippen LogP contribution is -2.00. The van der Waals surface area contributed by atoms with Gasteiger partial charge in [-0.2, -0.15) is 5.10 Å². The predicted molar refractivity (Wildman–Crippen MR) is 60.2 cm³/mol. The maximum atomic E-state index is 13.6.